The van der Waals surface area contributed by atoms with E-state index in [1.807, 2.05) is 0 Å². The molecule has 0 radical (unpaired) electrons. The second-order valence-electron chi connectivity index (χ2n) is 8.74. The van der Waals surface area contributed by atoms with Crippen molar-refractivity contribution < 1.29 is 0 Å². The lowest BCUT2D eigenvalue weighted by Gasteiger charge is -2.18. The number of allylic oxidation sites excluding steroid dienone is 8. The summed E-state index contributed by atoms with van der Waals surface area (Å²) in [5.74, 6) is 1.67. The fraction of sp³-hybridized carbons (Fsp3) is 0.692. The number of rotatable bonds is 0. The predicted octanol–water partition coefficient (Wildman–Crippen LogP) is 8.47. The number of fused-ring (bicyclic) bond motifs is 2. The van der Waals surface area contributed by atoms with Crippen LogP contribution in [0.4, 0.5) is 0 Å². The highest BCUT2D eigenvalue weighted by Gasteiger charge is 2.16. The minimum atomic E-state index is 0.833. The van der Waals surface area contributed by atoms with Gasteiger partial charge in [-0.25, -0.2) is 0 Å². The highest BCUT2D eigenvalue weighted by atomic mass is 14.2. The average Bonchev–Trinajstić information content (AvgIpc) is 3.01. The molecular formula is C26H40. The van der Waals surface area contributed by atoms with E-state index in [2.05, 4.69) is 36.5 Å². The summed E-state index contributed by atoms with van der Waals surface area (Å²) < 4.78 is 0. The zero-order valence-electron chi connectivity index (χ0n) is 16.9. The summed E-state index contributed by atoms with van der Waals surface area (Å²) in [5, 5.41) is 0. The summed E-state index contributed by atoms with van der Waals surface area (Å²) in [6.07, 6.45) is 37.0. The van der Waals surface area contributed by atoms with E-state index in [0.29, 0.717) is 0 Å². The van der Waals surface area contributed by atoms with E-state index >= 15 is 0 Å². The van der Waals surface area contributed by atoms with Gasteiger partial charge in [0.2, 0.25) is 0 Å². The molecule has 0 bridgehead atoms. The Morgan fingerprint density at radius 2 is 0.846 bits per heavy atom. The molecule has 26 heavy (non-hydrogen) atoms. The second-order valence-corrected chi connectivity index (χ2v) is 8.74. The van der Waals surface area contributed by atoms with Gasteiger partial charge in [-0.15, -0.1) is 0 Å². The van der Waals surface area contributed by atoms with Gasteiger partial charge in [-0.1, -0.05) is 62.1 Å². The lowest BCUT2D eigenvalue weighted by atomic mass is 9.88. The fourth-order valence-corrected chi connectivity index (χ4v) is 5.05. The van der Waals surface area contributed by atoms with E-state index in [-0.39, 0.29) is 0 Å². The lowest BCUT2D eigenvalue weighted by molar-refractivity contribution is 0.480. The molecule has 2 unspecified atom stereocenters. The summed E-state index contributed by atoms with van der Waals surface area (Å²) >= 11 is 0. The summed E-state index contributed by atoms with van der Waals surface area (Å²) in [6, 6.07) is 0. The third-order valence-corrected chi connectivity index (χ3v) is 6.68. The third kappa shape index (κ3) is 6.60. The molecule has 0 aromatic heterocycles. The molecule has 0 heterocycles. The van der Waals surface area contributed by atoms with E-state index in [9.17, 15) is 0 Å². The van der Waals surface area contributed by atoms with E-state index in [4.69, 9.17) is 0 Å². The molecule has 3 rings (SSSR count). The highest BCUT2D eigenvalue weighted by Crippen LogP contribution is 2.31. The van der Waals surface area contributed by atoms with Crippen LogP contribution in [-0.4, -0.2) is 0 Å². The molecule has 0 N–H and O–H groups in total. The van der Waals surface area contributed by atoms with Gasteiger partial charge in [0.1, 0.15) is 0 Å². The monoisotopic (exact) mass is 352 g/mol. The minimum Gasteiger partial charge on any atom is -0.0843 e. The summed E-state index contributed by atoms with van der Waals surface area (Å²) in [7, 11) is 0. The van der Waals surface area contributed by atoms with E-state index < -0.39 is 0 Å². The molecule has 0 fully saturated rings. The van der Waals surface area contributed by atoms with Crippen molar-refractivity contribution in [3.8, 4) is 0 Å². The Kier molecular flexibility index (Phi) is 8.82. The molecule has 3 aliphatic rings. The van der Waals surface area contributed by atoms with Crippen molar-refractivity contribution in [2.24, 2.45) is 11.8 Å². The molecule has 0 saturated heterocycles. The van der Waals surface area contributed by atoms with Gasteiger partial charge in [0, 0.05) is 0 Å². The molecular weight excluding hydrogens is 312 g/mol. The quantitative estimate of drug-likeness (QED) is 0.410. The average molecular weight is 353 g/mol. The zero-order valence-corrected chi connectivity index (χ0v) is 16.9. The predicted molar refractivity (Wildman–Crippen MR) is 115 cm³/mol. The topological polar surface area (TPSA) is 0 Å². The van der Waals surface area contributed by atoms with Gasteiger partial charge in [0.15, 0.2) is 0 Å². The molecule has 0 nitrogen and oxygen atoms in total. The lowest BCUT2D eigenvalue weighted by Crippen LogP contribution is -2.03. The molecule has 0 aromatic rings. The molecule has 0 spiro atoms. The van der Waals surface area contributed by atoms with E-state index in [0.717, 1.165) is 11.8 Å². The Morgan fingerprint density at radius 3 is 1.27 bits per heavy atom. The first kappa shape index (κ1) is 19.7. The van der Waals surface area contributed by atoms with Crippen LogP contribution in [0.2, 0.25) is 0 Å². The molecule has 144 valence electrons. The van der Waals surface area contributed by atoms with Crippen molar-refractivity contribution in [3.63, 3.8) is 0 Å². The van der Waals surface area contributed by atoms with E-state index in [1.54, 1.807) is 11.1 Å². The van der Waals surface area contributed by atoms with Crippen LogP contribution in [0.15, 0.2) is 47.6 Å². The van der Waals surface area contributed by atoms with Gasteiger partial charge in [-0.05, 0) is 100 Å². The number of hydrogen-bond donors (Lipinski definition) is 0. The van der Waals surface area contributed by atoms with E-state index in [1.165, 1.54) is 103 Å². The van der Waals surface area contributed by atoms with Crippen LogP contribution in [0, 0.1) is 11.8 Å². The summed E-state index contributed by atoms with van der Waals surface area (Å²) in [5.41, 5.74) is 3.33. The molecule has 0 aliphatic heterocycles. The number of hydrogen-bond acceptors (Lipinski definition) is 0. The Bertz CT molecular complexity index is 468. The molecule has 0 saturated carbocycles. The Balaban J connectivity index is 1.63. The van der Waals surface area contributed by atoms with Gasteiger partial charge in [-0.2, -0.15) is 0 Å². The zero-order chi connectivity index (χ0) is 17.9. The molecule has 0 amide bonds. The molecule has 2 atom stereocenters. The molecule has 0 heteroatoms. The first-order valence-electron chi connectivity index (χ1n) is 11.7. The first-order valence-corrected chi connectivity index (χ1v) is 11.7. The van der Waals surface area contributed by atoms with Crippen LogP contribution in [0.5, 0.6) is 0 Å². The van der Waals surface area contributed by atoms with Gasteiger partial charge < -0.3 is 0 Å². The normalized spacial score (nSPS) is 32.0. The van der Waals surface area contributed by atoms with Crippen molar-refractivity contribution in [1.29, 1.82) is 0 Å². The third-order valence-electron chi connectivity index (χ3n) is 6.68. The summed E-state index contributed by atoms with van der Waals surface area (Å²) in [6.45, 7) is 0. The Labute approximate surface area is 162 Å². The smallest absolute Gasteiger partial charge is 0.0165 e. The second kappa shape index (κ2) is 11.6. The van der Waals surface area contributed by atoms with Crippen molar-refractivity contribution in [3.05, 3.63) is 47.6 Å². The fourth-order valence-electron chi connectivity index (χ4n) is 5.05. The molecule has 0 aromatic carbocycles. The van der Waals surface area contributed by atoms with Crippen LogP contribution in [0.25, 0.3) is 0 Å². The van der Waals surface area contributed by atoms with Gasteiger partial charge >= 0.3 is 0 Å². The maximum atomic E-state index is 2.56. The SMILES string of the molecule is C1=C2/C=C/CCCCC3CCCCC=C3/C=C/CCCCC2CCCC1. The highest BCUT2D eigenvalue weighted by molar-refractivity contribution is 5.24. The Hall–Kier alpha value is -1.04. The van der Waals surface area contributed by atoms with Crippen LogP contribution in [0.3, 0.4) is 0 Å². The van der Waals surface area contributed by atoms with Crippen molar-refractivity contribution >= 4 is 0 Å². The van der Waals surface area contributed by atoms with Crippen LogP contribution >= 0.6 is 0 Å². The van der Waals surface area contributed by atoms with Crippen molar-refractivity contribution in [2.75, 3.05) is 0 Å². The molecule has 3 aliphatic carbocycles. The maximum Gasteiger partial charge on any atom is -0.0165 e. The van der Waals surface area contributed by atoms with Crippen molar-refractivity contribution in [1.82, 2.24) is 0 Å². The minimum absolute atomic E-state index is 0.833. The largest absolute Gasteiger partial charge is 0.0843 e. The van der Waals surface area contributed by atoms with Crippen LogP contribution in [-0.2, 0) is 0 Å². The van der Waals surface area contributed by atoms with Gasteiger partial charge in [0.25, 0.3) is 0 Å². The Morgan fingerprint density at radius 1 is 0.462 bits per heavy atom. The van der Waals surface area contributed by atoms with Crippen molar-refractivity contribution in [2.45, 2.75) is 103 Å². The maximum absolute atomic E-state index is 2.56. The van der Waals surface area contributed by atoms with Crippen LogP contribution in [0.1, 0.15) is 103 Å². The summed E-state index contributed by atoms with van der Waals surface area (Å²) in [4.78, 5) is 0. The van der Waals surface area contributed by atoms with Crippen LogP contribution < -0.4 is 0 Å². The van der Waals surface area contributed by atoms with Gasteiger partial charge in [-0.3, -0.25) is 0 Å². The first-order chi connectivity index (χ1) is 12.9. The standard InChI is InChI=1S/C26H40/c1-2-8-16-24-20-12-6-14-22-26(24)18-10-4-3-9-17-25-21-13-5-11-19-23(25)15-7-1/h7,10,15,18-19,22,24-25H,1-6,8-9,11-14,16-17,20-21H2/b15-7+,18-10+. The van der Waals surface area contributed by atoms with Gasteiger partial charge in [0.05, 0.1) is 0 Å².